The molecule has 2 heterocycles. The quantitative estimate of drug-likeness (QED) is 0.368. The highest BCUT2D eigenvalue weighted by atomic mass is 35.5. The molecule has 0 saturated carbocycles. The first kappa shape index (κ1) is 25.2. The van der Waals surface area contributed by atoms with Crippen LogP contribution in [0.25, 0.3) is 0 Å². The van der Waals surface area contributed by atoms with Gasteiger partial charge in [-0.3, -0.25) is 14.6 Å². The smallest absolute Gasteiger partial charge is 0.304 e. The maximum Gasteiger partial charge on any atom is 0.304 e. The fourth-order valence-electron chi connectivity index (χ4n) is 5.34. The second-order valence-electron chi connectivity index (χ2n) is 9.38. The lowest BCUT2D eigenvalue weighted by Crippen LogP contribution is -2.53. The number of pyridine rings is 1. The van der Waals surface area contributed by atoms with Gasteiger partial charge < -0.3 is 10.0 Å². The molecule has 4 atom stereocenters. The summed E-state index contributed by atoms with van der Waals surface area (Å²) in [6, 6.07) is 20.1. The van der Waals surface area contributed by atoms with E-state index in [1.54, 1.807) is 13.1 Å². The van der Waals surface area contributed by atoms with Gasteiger partial charge in [-0.2, -0.15) is 0 Å². The third-order valence-electron chi connectivity index (χ3n) is 6.88. The van der Waals surface area contributed by atoms with Gasteiger partial charge >= 0.3 is 5.97 Å². The van der Waals surface area contributed by atoms with Crippen LogP contribution in [-0.4, -0.2) is 26.9 Å². The van der Waals surface area contributed by atoms with Gasteiger partial charge in [0.1, 0.15) is 0 Å². The fraction of sp³-hybridized carbons (Fsp3) is 0.321. The van der Waals surface area contributed by atoms with E-state index in [-0.39, 0.29) is 30.3 Å². The van der Waals surface area contributed by atoms with Crippen LogP contribution in [0.3, 0.4) is 0 Å². The largest absolute Gasteiger partial charge is 0.481 e. The minimum Gasteiger partial charge on any atom is -0.481 e. The lowest BCUT2D eigenvalue weighted by atomic mass is 9.67. The lowest BCUT2D eigenvalue weighted by Gasteiger charge is -2.51. The minimum atomic E-state index is -1.09. The van der Waals surface area contributed by atoms with E-state index in [9.17, 15) is 14.7 Å². The van der Waals surface area contributed by atoms with Gasteiger partial charge in [0.05, 0.1) is 29.6 Å². The molecule has 1 N–H and O–H groups in total. The van der Waals surface area contributed by atoms with Gasteiger partial charge in [-0.05, 0) is 60.4 Å². The Bertz CT molecular complexity index is 1200. The van der Waals surface area contributed by atoms with Crippen molar-refractivity contribution in [2.75, 3.05) is 0 Å². The maximum atomic E-state index is 14.2. The summed E-state index contributed by atoms with van der Waals surface area (Å²) in [7, 11) is 0. The van der Waals surface area contributed by atoms with Crippen LogP contribution in [0.4, 0.5) is 0 Å². The van der Waals surface area contributed by atoms with Crippen LogP contribution in [0.1, 0.15) is 67.9 Å². The highest BCUT2D eigenvalue weighted by Gasteiger charge is 2.52. The molecule has 1 aliphatic rings. The van der Waals surface area contributed by atoms with Gasteiger partial charge in [0.25, 0.3) is 0 Å². The summed E-state index contributed by atoms with van der Waals surface area (Å²) in [6.45, 7) is 3.78. The molecule has 0 radical (unpaired) electrons. The van der Waals surface area contributed by atoms with Crippen molar-refractivity contribution in [1.29, 1.82) is 0 Å². The third-order valence-corrected chi connectivity index (χ3v) is 7.37. The molecule has 2 aromatic carbocycles. The average Bonchev–Trinajstić information content (AvgIpc) is 2.83. The van der Waals surface area contributed by atoms with E-state index in [0.29, 0.717) is 22.9 Å². The standard InChI is InChI=1S/C28H28Cl2N2O3/c1-3-24(23-9-4-5-14-31-23)32-26(18-10-12-20(29)13-11-18)22(19-7-6-8-21(30)15-19)16-28(2,27(32)35)17-25(33)34/h4-15,22,24,26H,3,16-17H2,1-2H3,(H,33,34)/t22-,24+,26?,28-/m1/s1. The zero-order valence-corrected chi connectivity index (χ0v) is 21.2. The maximum absolute atomic E-state index is 14.2. The summed E-state index contributed by atoms with van der Waals surface area (Å²) in [6.07, 6.45) is 2.46. The lowest BCUT2D eigenvalue weighted by molar-refractivity contribution is -0.161. The fourth-order valence-corrected chi connectivity index (χ4v) is 5.67. The topological polar surface area (TPSA) is 70.5 Å². The number of benzene rings is 2. The molecule has 1 fully saturated rings. The third kappa shape index (κ3) is 5.21. The Morgan fingerprint density at radius 2 is 1.83 bits per heavy atom. The molecule has 1 saturated heterocycles. The number of amides is 1. The first-order valence-electron chi connectivity index (χ1n) is 11.7. The molecule has 5 nitrogen and oxygen atoms in total. The number of aliphatic carboxylic acids is 1. The molecule has 0 aliphatic carbocycles. The molecule has 0 spiro atoms. The van der Waals surface area contributed by atoms with Crippen molar-refractivity contribution in [1.82, 2.24) is 9.88 Å². The molecule has 0 bridgehead atoms. The van der Waals surface area contributed by atoms with Crippen molar-refractivity contribution in [3.05, 3.63) is 99.8 Å². The number of aromatic nitrogens is 1. The molecule has 7 heteroatoms. The van der Waals surface area contributed by atoms with Gasteiger partial charge in [-0.15, -0.1) is 0 Å². The number of likely N-dealkylation sites (tertiary alicyclic amines) is 1. The van der Waals surface area contributed by atoms with E-state index in [1.165, 1.54) is 0 Å². The van der Waals surface area contributed by atoms with Crippen LogP contribution in [0.2, 0.25) is 10.0 Å². The molecule has 3 aromatic rings. The molecular weight excluding hydrogens is 483 g/mol. The van der Waals surface area contributed by atoms with Crippen LogP contribution < -0.4 is 0 Å². The highest BCUT2D eigenvalue weighted by molar-refractivity contribution is 6.30. The Labute approximate surface area is 215 Å². The summed E-state index contributed by atoms with van der Waals surface area (Å²) < 4.78 is 0. The van der Waals surface area contributed by atoms with Crippen LogP contribution in [0, 0.1) is 5.41 Å². The molecule has 35 heavy (non-hydrogen) atoms. The predicted molar refractivity (Wildman–Crippen MR) is 137 cm³/mol. The second-order valence-corrected chi connectivity index (χ2v) is 10.3. The van der Waals surface area contributed by atoms with Gasteiger partial charge in [-0.25, -0.2) is 0 Å². The van der Waals surface area contributed by atoms with E-state index in [2.05, 4.69) is 4.98 Å². The Hall–Kier alpha value is -2.89. The first-order chi connectivity index (χ1) is 16.7. The van der Waals surface area contributed by atoms with Crippen molar-refractivity contribution in [2.45, 2.75) is 51.1 Å². The van der Waals surface area contributed by atoms with Gasteiger partial charge in [0.2, 0.25) is 5.91 Å². The van der Waals surface area contributed by atoms with Crippen molar-refractivity contribution in [3.63, 3.8) is 0 Å². The zero-order chi connectivity index (χ0) is 25.2. The molecule has 1 aromatic heterocycles. The second kappa shape index (κ2) is 10.4. The summed E-state index contributed by atoms with van der Waals surface area (Å²) in [5.41, 5.74) is 1.57. The average molecular weight is 511 g/mol. The molecule has 4 rings (SSSR count). The Morgan fingerprint density at radius 1 is 1.09 bits per heavy atom. The van der Waals surface area contributed by atoms with E-state index >= 15 is 0 Å². The number of rotatable bonds is 7. The summed E-state index contributed by atoms with van der Waals surface area (Å²) in [5.74, 6) is -1.37. The van der Waals surface area contributed by atoms with Crippen molar-refractivity contribution < 1.29 is 14.7 Å². The number of hydrogen-bond donors (Lipinski definition) is 1. The summed E-state index contributed by atoms with van der Waals surface area (Å²) in [4.78, 5) is 32.6. The Morgan fingerprint density at radius 3 is 2.43 bits per heavy atom. The predicted octanol–water partition coefficient (Wildman–Crippen LogP) is 7.08. The number of nitrogens with zero attached hydrogens (tertiary/aromatic N) is 2. The number of halogens is 2. The zero-order valence-electron chi connectivity index (χ0n) is 19.7. The molecule has 1 aliphatic heterocycles. The minimum absolute atomic E-state index is 0.185. The van der Waals surface area contributed by atoms with E-state index in [0.717, 1.165) is 16.8 Å². The van der Waals surface area contributed by atoms with E-state index < -0.39 is 11.4 Å². The van der Waals surface area contributed by atoms with E-state index in [1.807, 2.05) is 78.6 Å². The monoisotopic (exact) mass is 510 g/mol. The molecular formula is C28H28Cl2N2O3. The van der Waals surface area contributed by atoms with Crippen LogP contribution in [0.5, 0.6) is 0 Å². The van der Waals surface area contributed by atoms with Gasteiger partial charge in [-0.1, -0.05) is 67.4 Å². The van der Waals surface area contributed by atoms with Gasteiger partial charge in [0, 0.05) is 22.2 Å². The number of carboxylic acids is 1. The SMILES string of the molecule is CC[C@@H](c1ccccn1)N1C(=O)[C@@](C)(CC(=O)O)C[C@H](c2cccc(Cl)c2)C1c1ccc(Cl)cc1. The number of hydrogen-bond acceptors (Lipinski definition) is 3. The van der Waals surface area contributed by atoms with Gasteiger partial charge in [0.15, 0.2) is 0 Å². The summed E-state index contributed by atoms with van der Waals surface area (Å²) in [5, 5.41) is 10.9. The number of piperidine rings is 1. The number of carbonyl (C=O) groups is 2. The highest BCUT2D eigenvalue weighted by Crippen LogP contribution is 2.54. The van der Waals surface area contributed by atoms with Crippen molar-refractivity contribution in [3.8, 4) is 0 Å². The number of carbonyl (C=O) groups excluding carboxylic acids is 1. The van der Waals surface area contributed by atoms with Crippen molar-refractivity contribution >= 4 is 35.1 Å². The van der Waals surface area contributed by atoms with Crippen LogP contribution >= 0.6 is 23.2 Å². The van der Waals surface area contributed by atoms with E-state index in [4.69, 9.17) is 23.2 Å². The van der Waals surface area contributed by atoms with Crippen LogP contribution in [-0.2, 0) is 9.59 Å². The molecule has 182 valence electrons. The molecule has 1 unspecified atom stereocenters. The normalized spacial score (nSPS) is 23.2. The van der Waals surface area contributed by atoms with Crippen molar-refractivity contribution in [2.24, 2.45) is 5.41 Å². The Balaban J connectivity index is 1.95. The first-order valence-corrected chi connectivity index (χ1v) is 12.5. The molecule has 1 amide bonds. The summed E-state index contributed by atoms with van der Waals surface area (Å²) >= 11 is 12.6. The Kier molecular flexibility index (Phi) is 7.48. The number of carboxylic acid groups (broad SMARTS) is 1. The van der Waals surface area contributed by atoms with Crippen LogP contribution in [0.15, 0.2) is 72.9 Å².